The summed E-state index contributed by atoms with van der Waals surface area (Å²) in [6.45, 7) is 0.659. The molecule has 0 aliphatic heterocycles. The predicted molar refractivity (Wildman–Crippen MR) is 62.6 cm³/mol. The molecule has 0 radical (unpaired) electrons. The maximum absolute atomic E-state index is 13.4. The predicted octanol–water partition coefficient (Wildman–Crippen LogP) is 2.15. The Balaban J connectivity index is 2.05. The molecular formula is C12H18FN3. The second-order valence-corrected chi connectivity index (χ2v) is 4.36. The van der Waals surface area contributed by atoms with Gasteiger partial charge in [0.2, 0.25) is 0 Å². The van der Waals surface area contributed by atoms with E-state index in [0.717, 1.165) is 12.8 Å². The van der Waals surface area contributed by atoms with Gasteiger partial charge in [-0.2, -0.15) is 0 Å². The number of hydrogen-bond donors (Lipinski definition) is 2. The number of anilines is 1. The number of nitrogens with two attached hydrogens (primary N) is 1. The molecule has 1 fully saturated rings. The lowest BCUT2D eigenvalue weighted by molar-refractivity contribution is 0.331. The van der Waals surface area contributed by atoms with Gasteiger partial charge in [-0.15, -0.1) is 0 Å². The van der Waals surface area contributed by atoms with E-state index in [2.05, 4.69) is 10.3 Å². The third kappa shape index (κ3) is 2.50. The minimum atomic E-state index is -0.288. The van der Waals surface area contributed by atoms with Gasteiger partial charge in [0, 0.05) is 12.2 Å². The molecule has 16 heavy (non-hydrogen) atoms. The molecule has 3 N–H and O–H groups in total. The molecule has 0 spiro atoms. The van der Waals surface area contributed by atoms with Crippen molar-refractivity contribution in [3.63, 3.8) is 0 Å². The Labute approximate surface area is 95.3 Å². The molecule has 0 bridgehead atoms. The average molecular weight is 223 g/mol. The molecule has 0 amide bonds. The molecule has 2 unspecified atom stereocenters. The van der Waals surface area contributed by atoms with Crippen LogP contribution in [0, 0.1) is 11.7 Å². The number of aromatic nitrogens is 1. The van der Waals surface area contributed by atoms with Crippen molar-refractivity contribution in [3.8, 4) is 0 Å². The van der Waals surface area contributed by atoms with Crippen LogP contribution in [0.2, 0.25) is 0 Å². The third-order valence-corrected chi connectivity index (χ3v) is 3.29. The van der Waals surface area contributed by atoms with E-state index in [0.29, 0.717) is 18.3 Å². The van der Waals surface area contributed by atoms with Gasteiger partial charge >= 0.3 is 0 Å². The topological polar surface area (TPSA) is 50.9 Å². The van der Waals surface area contributed by atoms with E-state index in [-0.39, 0.29) is 11.9 Å². The molecule has 3 nitrogen and oxygen atoms in total. The van der Waals surface area contributed by atoms with Gasteiger partial charge < -0.3 is 11.1 Å². The number of halogens is 1. The SMILES string of the molecule is NCC1CCCCC1Nc1ncccc1F. The van der Waals surface area contributed by atoms with Crippen LogP contribution in [0.4, 0.5) is 10.2 Å². The molecule has 0 aromatic carbocycles. The van der Waals surface area contributed by atoms with Crippen molar-refractivity contribution >= 4 is 5.82 Å². The van der Waals surface area contributed by atoms with E-state index in [9.17, 15) is 4.39 Å². The summed E-state index contributed by atoms with van der Waals surface area (Å²) in [5.74, 6) is 0.506. The van der Waals surface area contributed by atoms with Crippen LogP contribution >= 0.6 is 0 Å². The highest BCUT2D eigenvalue weighted by atomic mass is 19.1. The van der Waals surface area contributed by atoms with Gasteiger partial charge in [0.1, 0.15) is 0 Å². The maximum atomic E-state index is 13.4. The lowest BCUT2D eigenvalue weighted by atomic mass is 9.84. The number of nitrogens with zero attached hydrogens (tertiary/aromatic N) is 1. The third-order valence-electron chi connectivity index (χ3n) is 3.29. The summed E-state index contributed by atoms with van der Waals surface area (Å²) in [7, 11) is 0. The van der Waals surface area contributed by atoms with E-state index in [1.807, 2.05) is 0 Å². The van der Waals surface area contributed by atoms with Gasteiger partial charge in [0.05, 0.1) is 0 Å². The van der Waals surface area contributed by atoms with E-state index < -0.39 is 0 Å². The molecule has 1 heterocycles. The molecule has 1 saturated carbocycles. The lowest BCUT2D eigenvalue weighted by Crippen LogP contribution is -2.37. The zero-order valence-corrected chi connectivity index (χ0v) is 9.32. The van der Waals surface area contributed by atoms with Gasteiger partial charge in [-0.3, -0.25) is 0 Å². The fourth-order valence-electron chi connectivity index (χ4n) is 2.35. The van der Waals surface area contributed by atoms with Gasteiger partial charge in [-0.25, -0.2) is 9.37 Å². The zero-order chi connectivity index (χ0) is 11.4. The Morgan fingerprint density at radius 3 is 3.00 bits per heavy atom. The van der Waals surface area contributed by atoms with Crippen molar-refractivity contribution < 1.29 is 4.39 Å². The average Bonchev–Trinajstić information content (AvgIpc) is 2.33. The Hall–Kier alpha value is -1.16. The number of nitrogens with one attached hydrogen (secondary N) is 1. The van der Waals surface area contributed by atoms with Crippen LogP contribution in [-0.2, 0) is 0 Å². The van der Waals surface area contributed by atoms with E-state index >= 15 is 0 Å². The highest BCUT2D eigenvalue weighted by Crippen LogP contribution is 2.26. The van der Waals surface area contributed by atoms with Gasteiger partial charge in [-0.1, -0.05) is 12.8 Å². The maximum Gasteiger partial charge on any atom is 0.165 e. The summed E-state index contributed by atoms with van der Waals surface area (Å²) in [6, 6.07) is 3.29. The smallest absolute Gasteiger partial charge is 0.165 e. The second-order valence-electron chi connectivity index (χ2n) is 4.36. The van der Waals surface area contributed by atoms with Crippen molar-refractivity contribution in [1.82, 2.24) is 4.98 Å². The zero-order valence-electron chi connectivity index (χ0n) is 9.32. The van der Waals surface area contributed by atoms with Crippen LogP contribution in [-0.4, -0.2) is 17.6 Å². The van der Waals surface area contributed by atoms with E-state index in [4.69, 9.17) is 5.73 Å². The first-order valence-electron chi connectivity index (χ1n) is 5.88. The highest BCUT2D eigenvalue weighted by Gasteiger charge is 2.24. The molecule has 2 rings (SSSR count). The minimum Gasteiger partial charge on any atom is -0.365 e. The summed E-state index contributed by atoms with van der Waals surface area (Å²) < 4.78 is 13.4. The normalized spacial score (nSPS) is 25.4. The highest BCUT2D eigenvalue weighted by molar-refractivity contribution is 5.37. The first-order valence-corrected chi connectivity index (χ1v) is 5.88. The van der Waals surface area contributed by atoms with Crippen LogP contribution in [0.3, 0.4) is 0 Å². The lowest BCUT2D eigenvalue weighted by Gasteiger charge is -2.31. The minimum absolute atomic E-state index is 0.267. The molecular weight excluding hydrogens is 205 g/mol. The fraction of sp³-hybridized carbons (Fsp3) is 0.583. The number of pyridine rings is 1. The van der Waals surface area contributed by atoms with Crippen molar-refractivity contribution in [3.05, 3.63) is 24.1 Å². The van der Waals surface area contributed by atoms with Crippen molar-refractivity contribution in [2.45, 2.75) is 31.7 Å². The summed E-state index contributed by atoms with van der Waals surface area (Å²) in [6.07, 6.45) is 6.19. The molecule has 4 heteroatoms. The van der Waals surface area contributed by atoms with Crippen LogP contribution in [0.25, 0.3) is 0 Å². The summed E-state index contributed by atoms with van der Waals surface area (Å²) in [5.41, 5.74) is 5.73. The van der Waals surface area contributed by atoms with E-state index in [1.165, 1.54) is 18.9 Å². The van der Waals surface area contributed by atoms with Crippen molar-refractivity contribution in [2.75, 3.05) is 11.9 Å². The Kier molecular flexibility index (Phi) is 3.72. The van der Waals surface area contributed by atoms with Gasteiger partial charge in [0.25, 0.3) is 0 Å². The van der Waals surface area contributed by atoms with Crippen LogP contribution in [0.1, 0.15) is 25.7 Å². The first kappa shape index (κ1) is 11.3. The molecule has 0 saturated heterocycles. The number of hydrogen-bond acceptors (Lipinski definition) is 3. The first-order chi connectivity index (χ1) is 7.81. The standard InChI is InChI=1S/C12H18FN3/c13-10-5-3-7-15-12(10)16-11-6-2-1-4-9(11)8-14/h3,5,7,9,11H,1-2,4,6,8,14H2,(H,15,16). The van der Waals surface area contributed by atoms with Crippen molar-refractivity contribution in [2.24, 2.45) is 11.7 Å². The molecule has 2 atom stereocenters. The Morgan fingerprint density at radius 2 is 2.25 bits per heavy atom. The van der Waals surface area contributed by atoms with Crippen molar-refractivity contribution in [1.29, 1.82) is 0 Å². The fourth-order valence-corrected chi connectivity index (χ4v) is 2.35. The second kappa shape index (κ2) is 5.25. The van der Waals surface area contributed by atoms with Crippen LogP contribution in [0.15, 0.2) is 18.3 Å². The van der Waals surface area contributed by atoms with E-state index in [1.54, 1.807) is 12.3 Å². The molecule has 1 aromatic heterocycles. The van der Waals surface area contributed by atoms with Gasteiger partial charge in [-0.05, 0) is 37.4 Å². The van der Waals surface area contributed by atoms with Crippen LogP contribution < -0.4 is 11.1 Å². The molecule has 88 valence electrons. The largest absolute Gasteiger partial charge is 0.365 e. The molecule has 1 aliphatic rings. The Morgan fingerprint density at radius 1 is 1.44 bits per heavy atom. The van der Waals surface area contributed by atoms with Gasteiger partial charge in [0.15, 0.2) is 11.6 Å². The summed E-state index contributed by atoms with van der Waals surface area (Å²) >= 11 is 0. The quantitative estimate of drug-likeness (QED) is 0.825. The number of rotatable bonds is 3. The van der Waals surface area contributed by atoms with Crippen LogP contribution in [0.5, 0.6) is 0 Å². The summed E-state index contributed by atoms with van der Waals surface area (Å²) in [4.78, 5) is 4.01. The Bertz CT molecular complexity index is 343. The summed E-state index contributed by atoms with van der Waals surface area (Å²) in [5, 5.41) is 3.18. The monoisotopic (exact) mass is 223 g/mol. The molecule has 1 aromatic rings. The molecule has 1 aliphatic carbocycles.